The Morgan fingerprint density at radius 1 is 1.11 bits per heavy atom. The molecule has 1 atom stereocenters. The molecule has 27 heavy (non-hydrogen) atoms. The van der Waals surface area contributed by atoms with Crippen molar-refractivity contribution in [3.8, 4) is 5.75 Å². The molecule has 1 N–H and O–H groups in total. The molecule has 2 heterocycles. The van der Waals surface area contributed by atoms with Crippen molar-refractivity contribution in [2.24, 2.45) is 0 Å². The number of para-hydroxylation sites is 1. The molecule has 0 unspecified atom stereocenters. The Labute approximate surface area is 164 Å². The molecule has 6 heteroatoms. The first-order chi connectivity index (χ1) is 13.2. The normalized spacial score (nSPS) is 19.9. The molecule has 5 nitrogen and oxygen atoms in total. The minimum Gasteiger partial charge on any atom is -0.493 e. The molecule has 0 saturated carbocycles. The highest BCUT2D eigenvalue weighted by Gasteiger charge is 2.24. The minimum atomic E-state index is 0.0372. The van der Waals surface area contributed by atoms with E-state index in [0.29, 0.717) is 13.2 Å². The Morgan fingerprint density at radius 3 is 2.74 bits per heavy atom. The topological polar surface area (TPSA) is 44.8 Å². The molecule has 1 fully saturated rings. The molecule has 4 rings (SSSR count). The van der Waals surface area contributed by atoms with Gasteiger partial charge in [-0.2, -0.15) is 0 Å². The molecule has 0 aromatic heterocycles. The third-order valence-corrected chi connectivity index (χ3v) is 5.44. The van der Waals surface area contributed by atoms with Crippen molar-refractivity contribution < 1.29 is 9.53 Å². The number of benzene rings is 2. The van der Waals surface area contributed by atoms with Crippen LogP contribution in [0.5, 0.6) is 5.75 Å². The number of carbonyl (C=O) groups is 1. The van der Waals surface area contributed by atoms with Crippen molar-refractivity contribution >= 4 is 23.2 Å². The third kappa shape index (κ3) is 4.37. The zero-order valence-corrected chi connectivity index (χ0v) is 16.0. The van der Waals surface area contributed by atoms with Crippen LogP contribution < -0.4 is 15.0 Å². The largest absolute Gasteiger partial charge is 0.493 e. The summed E-state index contributed by atoms with van der Waals surface area (Å²) in [5.74, 6) is 0.956. The van der Waals surface area contributed by atoms with Crippen LogP contribution in [0.25, 0.3) is 0 Å². The zero-order valence-electron chi connectivity index (χ0n) is 15.2. The molecule has 0 aliphatic carbocycles. The fourth-order valence-electron chi connectivity index (χ4n) is 3.77. The Balaban J connectivity index is 1.29. The van der Waals surface area contributed by atoms with E-state index in [-0.39, 0.29) is 11.9 Å². The standard InChI is InChI=1S/C21H24ClN3O2/c22-16-4-3-5-17(14-16)25-11-9-24(10-12-25)15-21(26)23-19-8-13-27-20-7-2-1-6-18(19)20/h1-7,14,19H,8-13,15H2,(H,23,26)/t19-/m0/s1. The van der Waals surface area contributed by atoms with Gasteiger partial charge in [0, 0.05) is 48.9 Å². The van der Waals surface area contributed by atoms with Crippen LogP contribution in [0.15, 0.2) is 48.5 Å². The number of halogens is 1. The van der Waals surface area contributed by atoms with Crippen LogP contribution in [-0.2, 0) is 4.79 Å². The van der Waals surface area contributed by atoms with Crippen LogP contribution in [-0.4, -0.2) is 50.1 Å². The Morgan fingerprint density at radius 2 is 1.93 bits per heavy atom. The maximum Gasteiger partial charge on any atom is 0.234 e. The Hall–Kier alpha value is -2.24. The van der Waals surface area contributed by atoms with Gasteiger partial charge in [0.1, 0.15) is 5.75 Å². The molecule has 1 saturated heterocycles. The van der Waals surface area contributed by atoms with E-state index in [0.717, 1.165) is 54.6 Å². The Kier molecular flexibility index (Phi) is 5.50. The van der Waals surface area contributed by atoms with Gasteiger partial charge in [0.05, 0.1) is 19.2 Å². The number of piperazine rings is 1. The van der Waals surface area contributed by atoms with Gasteiger partial charge in [0.15, 0.2) is 0 Å². The van der Waals surface area contributed by atoms with E-state index >= 15 is 0 Å². The zero-order chi connectivity index (χ0) is 18.6. The third-order valence-electron chi connectivity index (χ3n) is 5.21. The van der Waals surface area contributed by atoms with E-state index in [4.69, 9.17) is 16.3 Å². The average molecular weight is 386 g/mol. The maximum atomic E-state index is 12.6. The Bertz CT molecular complexity index is 806. The number of amides is 1. The molecule has 0 bridgehead atoms. The number of carbonyl (C=O) groups excluding carboxylic acids is 1. The summed E-state index contributed by atoms with van der Waals surface area (Å²) < 4.78 is 5.67. The molecule has 142 valence electrons. The first-order valence-electron chi connectivity index (χ1n) is 9.43. The fraction of sp³-hybridized carbons (Fsp3) is 0.381. The van der Waals surface area contributed by atoms with Gasteiger partial charge in [-0.3, -0.25) is 9.69 Å². The molecule has 0 radical (unpaired) electrons. The number of hydrogen-bond acceptors (Lipinski definition) is 4. The van der Waals surface area contributed by atoms with Gasteiger partial charge in [-0.15, -0.1) is 0 Å². The van der Waals surface area contributed by atoms with Crippen molar-refractivity contribution in [3.63, 3.8) is 0 Å². The van der Waals surface area contributed by atoms with Gasteiger partial charge < -0.3 is 15.0 Å². The van der Waals surface area contributed by atoms with Gasteiger partial charge >= 0.3 is 0 Å². The van der Waals surface area contributed by atoms with Crippen LogP contribution in [0.1, 0.15) is 18.0 Å². The van der Waals surface area contributed by atoms with E-state index in [1.807, 2.05) is 42.5 Å². The van der Waals surface area contributed by atoms with Crippen molar-refractivity contribution in [2.75, 3.05) is 44.2 Å². The lowest BCUT2D eigenvalue weighted by molar-refractivity contribution is -0.123. The van der Waals surface area contributed by atoms with Crippen LogP contribution >= 0.6 is 11.6 Å². The van der Waals surface area contributed by atoms with E-state index in [9.17, 15) is 4.79 Å². The summed E-state index contributed by atoms with van der Waals surface area (Å²) in [6.45, 7) is 4.60. The average Bonchev–Trinajstić information content (AvgIpc) is 2.69. The summed E-state index contributed by atoms with van der Waals surface area (Å²) in [7, 11) is 0. The van der Waals surface area contributed by atoms with E-state index in [1.54, 1.807) is 0 Å². The quantitative estimate of drug-likeness (QED) is 0.878. The predicted octanol–water partition coefficient (Wildman–Crippen LogP) is 3.10. The molecule has 1 amide bonds. The number of ether oxygens (including phenoxy) is 1. The summed E-state index contributed by atoms with van der Waals surface area (Å²) >= 11 is 6.09. The highest BCUT2D eigenvalue weighted by atomic mass is 35.5. The van der Waals surface area contributed by atoms with Gasteiger partial charge in [-0.1, -0.05) is 35.9 Å². The van der Waals surface area contributed by atoms with Crippen molar-refractivity contribution in [3.05, 3.63) is 59.1 Å². The summed E-state index contributed by atoms with van der Waals surface area (Å²) in [5, 5.41) is 3.94. The molecule has 0 spiro atoms. The fourth-order valence-corrected chi connectivity index (χ4v) is 3.96. The first kappa shape index (κ1) is 18.1. The SMILES string of the molecule is O=C(CN1CCN(c2cccc(Cl)c2)CC1)N[C@H]1CCOc2ccccc21. The number of nitrogens with zero attached hydrogens (tertiary/aromatic N) is 2. The summed E-state index contributed by atoms with van der Waals surface area (Å²) in [6.07, 6.45) is 0.811. The van der Waals surface area contributed by atoms with Crippen LogP contribution in [0.3, 0.4) is 0 Å². The van der Waals surface area contributed by atoms with Gasteiger partial charge in [-0.05, 0) is 24.3 Å². The van der Waals surface area contributed by atoms with E-state index in [2.05, 4.69) is 21.2 Å². The first-order valence-corrected chi connectivity index (χ1v) is 9.81. The van der Waals surface area contributed by atoms with Crippen molar-refractivity contribution in [1.82, 2.24) is 10.2 Å². The lowest BCUT2D eigenvalue weighted by Gasteiger charge is -2.36. The summed E-state index contributed by atoms with van der Waals surface area (Å²) in [5.41, 5.74) is 2.22. The summed E-state index contributed by atoms with van der Waals surface area (Å²) in [4.78, 5) is 17.1. The van der Waals surface area contributed by atoms with Crippen LogP contribution in [0.2, 0.25) is 5.02 Å². The predicted molar refractivity (Wildman–Crippen MR) is 108 cm³/mol. The second-order valence-electron chi connectivity index (χ2n) is 7.04. The van der Waals surface area contributed by atoms with Crippen LogP contribution in [0, 0.1) is 0 Å². The van der Waals surface area contributed by atoms with E-state index in [1.165, 1.54) is 0 Å². The maximum absolute atomic E-state index is 12.6. The van der Waals surface area contributed by atoms with E-state index < -0.39 is 0 Å². The smallest absolute Gasteiger partial charge is 0.234 e. The number of anilines is 1. The molecule has 2 aliphatic heterocycles. The molecular weight excluding hydrogens is 362 g/mol. The van der Waals surface area contributed by atoms with Gasteiger partial charge in [0.2, 0.25) is 5.91 Å². The number of fused-ring (bicyclic) bond motifs is 1. The van der Waals surface area contributed by atoms with Crippen molar-refractivity contribution in [1.29, 1.82) is 0 Å². The second kappa shape index (κ2) is 8.19. The van der Waals surface area contributed by atoms with Gasteiger partial charge in [0.25, 0.3) is 0 Å². The summed E-state index contributed by atoms with van der Waals surface area (Å²) in [6, 6.07) is 15.9. The lowest BCUT2D eigenvalue weighted by Crippen LogP contribution is -2.50. The number of hydrogen-bond donors (Lipinski definition) is 1. The number of nitrogens with one attached hydrogen (secondary N) is 1. The monoisotopic (exact) mass is 385 g/mol. The molecule has 2 aromatic carbocycles. The highest BCUT2D eigenvalue weighted by Crippen LogP contribution is 2.31. The van der Waals surface area contributed by atoms with Crippen LogP contribution in [0.4, 0.5) is 5.69 Å². The lowest BCUT2D eigenvalue weighted by atomic mass is 10.0. The molecule has 2 aromatic rings. The van der Waals surface area contributed by atoms with Gasteiger partial charge in [-0.25, -0.2) is 0 Å². The van der Waals surface area contributed by atoms with Crippen molar-refractivity contribution in [2.45, 2.75) is 12.5 Å². The molecular formula is C21H24ClN3O2. The minimum absolute atomic E-state index is 0.0372. The number of rotatable bonds is 4. The molecule has 2 aliphatic rings. The highest BCUT2D eigenvalue weighted by molar-refractivity contribution is 6.30. The second-order valence-corrected chi connectivity index (χ2v) is 7.47.